The highest BCUT2D eigenvalue weighted by Gasteiger charge is 2.38. The molecule has 10 heteroatoms. The fraction of sp³-hybridized carbons (Fsp3) is 0.316. The number of carboxylic acid groups (broad SMARTS) is 1. The van der Waals surface area contributed by atoms with Gasteiger partial charge in [-0.1, -0.05) is 78.4 Å². The van der Waals surface area contributed by atoms with E-state index in [9.17, 15) is 18.3 Å². The molecule has 4 nitrogen and oxygen atoms in total. The number of hydrogen-bond acceptors (Lipinski definition) is 3. The van der Waals surface area contributed by atoms with E-state index < -0.39 is 32.4 Å². The maximum absolute atomic E-state index is 10.6. The van der Waals surface area contributed by atoms with Crippen LogP contribution in [0.5, 0.6) is 0 Å². The van der Waals surface area contributed by atoms with E-state index in [4.69, 9.17) is 38.8 Å². The third-order valence-corrected chi connectivity index (χ3v) is 6.83. The van der Waals surface area contributed by atoms with Crippen molar-refractivity contribution in [1.82, 2.24) is 0 Å². The molecular weight excluding hydrogens is 446 g/mol. The molecule has 0 saturated heterocycles. The van der Waals surface area contributed by atoms with Gasteiger partial charge in [0.25, 0.3) is 0 Å². The fourth-order valence-electron chi connectivity index (χ4n) is 2.29. The Balaban J connectivity index is 0.000000516. The van der Waals surface area contributed by atoms with Gasteiger partial charge in [-0.25, -0.2) is 4.79 Å². The minimum atomic E-state index is -5.08. The molecule has 0 radical (unpaired) electrons. The van der Waals surface area contributed by atoms with Gasteiger partial charge in [0, 0.05) is 0 Å². The first-order valence-electron chi connectivity index (χ1n) is 8.43. The molecule has 2 atom stereocenters. The average molecular weight is 468 g/mol. The first kappa shape index (κ1) is 25.5. The molecule has 0 aliphatic carbocycles. The molecule has 0 aliphatic rings. The van der Waals surface area contributed by atoms with E-state index in [1.165, 1.54) is 5.19 Å². The predicted molar refractivity (Wildman–Crippen MR) is 111 cm³/mol. The van der Waals surface area contributed by atoms with Gasteiger partial charge in [-0.3, -0.25) is 0 Å². The molecule has 0 amide bonds. The van der Waals surface area contributed by atoms with E-state index >= 15 is 0 Å². The molecule has 0 fully saturated rings. The summed E-state index contributed by atoms with van der Waals surface area (Å²) in [6.07, 6.45) is -5.87. The molecule has 160 valence electrons. The topological polar surface area (TPSA) is 83.5 Å². The van der Waals surface area contributed by atoms with Gasteiger partial charge >= 0.3 is 12.1 Å². The molecule has 0 heterocycles. The molecule has 0 bridgehead atoms. The third kappa shape index (κ3) is 7.64. The molecule has 0 spiro atoms. The maximum Gasteiger partial charge on any atom is 0.490 e. The fourth-order valence-corrected chi connectivity index (χ4v) is 3.76. The van der Waals surface area contributed by atoms with Crippen LogP contribution in [-0.2, 0) is 4.79 Å². The number of rotatable bonds is 4. The lowest BCUT2D eigenvalue weighted by Gasteiger charge is -2.22. The number of halogens is 5. The summed E-state index contributed by atoms with van der Waals surface area (Å²) in [5, 5.41) is 19.9. The van der Waals surface area contributed by atoms with E-state index in [1.54, 1.807) is 18.2 Å². The second-order valence-electron chi connectivity index (χ2n) is 7.32. The summed E-state index contributed by atoms with van der Waals surface area (Å²) < 4.78 is 31.7. The highest BCUT2D eigenvalue weighted by Crippen LogP contribution is 2.30. The maximum atomic E-state index is 10.6. The molecule has 0 unspecified atom stereocenters. The van der Waals surface area contributed by atoms with Crippen LogP contribution in [0.15, 0.2) is 42.5 Å². The predicted octanol–water partition coefficient (Wildman–Crippen LogP) is 4.91. The molecule has 29 heavy (non-hydrogen) atoms. The van der Waals surface area contributed by atoms with Crippen molar-refractivity contribution in [2.75, 3.05) is 0 Å². The number of aliphatic hydroxyl groups is 1. The second kappa shape index (κ2) is 9.95. The number of aliphatic hydroxyl groups excluding tert-OH is 1. The summed E-state index contributed by atoms with van der Waals surface area (Å²) in [6.45, 7) is 6.87. The number of hydrogen-bond donors (Lipinski definition) is 3. The Hall–Kier alpha value is -1.58. The van der Waals surface area contributed by atoms with Crippen molar-refractivity contribution in [3.63, 3.8) is 0 Å². The van der Waals surface area contributed by atoms with Crippen molar-refractivity contribution in [3.8, 4) is 0 Å². The summed E-state index contributed by atoms with van der Waals surface area (Å²) >= 11 is 11.9. The zero-order chi connectivity index (χ0) is 22.6. The van der Waals surface area contributed by atoms with E-state index in [-0.39, 0.29) is 0 Å². The first-order chi connectivity index (χ1) is 13.1. The Labute approximate surface area is 178 Å². The van der Waals surface area contributed by atoms with Crippen molar-refractivity contribution in [1.29, 1.82) is 0 Å². The van der Waals surface area contributed by atoms with Crippen LogP contribution in [0.3, 0.4) is 0 Å². The van der Waals surface area contributed by atoms with Crippen molar-refractivity contribution in [3.05, 3.63) is 63.6 Å². The Morgan fingerprint density at radius 1 is 1.00 bits per heavy atom. The summed E-state index contributed by atoms with van der Waals surface area (Å²) in [5.41, 5.74) is 7.74. The lowest BCUT2D eigenvalue weighted by molar-refractivity contribution is -0.192. The van der Waals surface area contributed by atoms with E-state index in [0.717, 1.165) is 11.1 Å². The number of alkyl halides is 3. The van der Waals surface area contributed by atoms with Crippen LogP contribution < -0.4 is 10.9 Å². The Morgan fingerprint density at radius 3 is 1.83 bits per heavy atom. The molecule has 0 aliphatic heterocycles. The molecule has 2 aromatic carbocycles. The quantitative estimate of drug-likeness (QED) is 0.558. The molecular formula is C19H22Cl2F3NO3Si. The third-order valence-electron chi connectivity index (χ3n) is 4.03. The molecule has 0 aromatic heterocycles. The van der Waals surface area contributed by atoms with E-state index in [0.29, 0.717) is 10.0 Å². The smallest absolute Gasteiger partial charge is 0.475 e. The van der Waals surface area contributed by atoms with Gasteiger partial charge in [0.05, 0.1) is 30.3 Å². The molecule has 4 N–H and O–H groups in total. The minimum Gasteiger partial charge on any atom is -0.475 e. The molecule has 2 rings (SSSR count). The van der Waals surface area contributed by atoms with Crippen LogP contribution in [0.1, 0.15) is 23.3 Å². The second-order valence-corrected chi connectivity index (χ2v) is 13.2. The number of carboxylic acids is 1. The van der Waals surface area contributed by atoms with Crippen molar-refractivity contribution < 1.29 is 28.2 Å². The van der Waals surface area contributed by atoms with Gasteiger partial charge < -0.3 is 15.9 Å². The summed E-state index contributed by atoms with van der Waals surface area (Å²) in [6, 6.07) is 12.7. The Kier molecular flexibility index (Phi) is 8.73. The summed E-state index contributed by atoms with van der Waals surface area (Å²) in [4.78, 5) is 8.90. The zero-order valence-electron chi connectivity index (χ0n) is 16.0. The van der Waals surface area contributed by atoms with Gasteiger partial charge in [0.15, 0.2) is 0 Å². The van der Waals surface area contributed by atoms with Crippen LogP contribution in [-0.4, -0.2) is 30.4 Å². The highest BCUT2D eigenvalue weighted by molar-refractivity contribution is 6.88. The van der Waals surface area contributed by atoms with Crippen molar-refractivity contribution >= 4 is 42.4 Å². The Bertz CT molecular complexity index is 840. The van der Waals surface area contributed by atoms with Gasteiger partial charge in [0.1, 0.15) is 0 Å². The monoisotopic (exact) mass is 467 g/mol. The van der Waals surface area contributed by atoms with Gasteiger partial charge in [-0.05, 0) is 23.3 Å². The van der Waals surface area contributed by atoms with Crippen molar-refractivity contribution in [2.24, 2.45) is 5.73 Å². The normalized spacial score (nSPS) is 13.9. The number of benzene rings is 2. The van der Waals surface area contributed by atoms with Crippen LogP contribution in [0.25, 0.3) is 0 Å². The lowest BCUT2D eigenvalue weighted by Crippen LogP contribution is -2.37. The molecule has 2 aromatic rings. The Morgan fingerprint density at radius 2 is 1.45 bits per heavy atom. The SMILES string of the molecule is C[Si](C)(C)c1ccc([C@H](O)[C@H](N)c2ccc(Cl)c(Cl)c2)cc1.O=C(O)C(F)(F)F. The standard InChI is InChI=1S/C17H21Cl2NOSi.C2HF3O2/c1-22(2,3)13-7-4-11(5-8-13)17(21)16(20)12-6-9-14(18)15(19)10-12;3-2(4,5)1(6)7/h4-10,16-17,21H,20H2,1-3H3;(H,6,7)/t16-,17+;/m1./s1. The number of aliphatic carboxylic acids is 1. The number of nitrogens with two attached hydrogens (primary N) is 1. The first-order valence-corrected chi connectivity index (χ1v) is 12.7. The van der Waals surface area contributed by atoms with Crippen LogP contribution in [0.2, 0.25) is 29.7 Å². The van der Waals surface area contributed by atoms with Gasteiger partial charge in [-0.2, -0.15) is 13.2 Å². The highest BCUT2D eigenvalue weighted by atomic mass is 35.5. The van der Waals surface area contributed by atoms with E-state index in [1.807, 2.05) is 12.1 Å². The van der Waals surface area contributed by atoms with Gasteiger partial charge in [-0.15, -0.1) is 0 Å². The average Bonchev–Trinajstić information content (AvgIpc) is 2.62. The minimum absolute atomic E-state index is 0.441. The number of carbonyl (C=O) groups is 1. The van der Waals surface area contributed by atoms with E-state index in [2.05, 4.69) is 31.8 Å². The largest absolute Gasteiger partial charge is 0.490 e. The van der Waals surface area contributed by atoms with Gasteiger partial charge in [0.2, 0.25) is 0 Å². The van der Waals surface area contributed by atoms with Crippen LogP contribution in [0, 0.1) is 0 Å². The summed E-state index contributed by atoms with van der Waals surface area (Å²) in [5.74, 6) is -2.76. The lowest BCUT2D eigenvalue weighted by atomic mass is 9.97. The van der Waals surface area contributed by atoms with Crippen molar-refractivity contribution in [2.45, 2.75) is 38.0 Å². The van der Waals surface area contributed by atoms with Crippen LogP contribution >= 0.6 is 23.2 Å². The zero-order valence-corrected chi connectivity index (χ0v) is 18.5. The summed E-state index contributed by atoms with van der Waals surface area (Å²) in [7, 11) is -1.34. The molecule has 0 saturated carbocycles. The van der Waals surface area contributed by atoms with Crippen LogP contribution in [0.4, 0.5) is 13.2 Å².